The standard InChI is InChI=1S/C36H46BrF3N6O4/c1-43-13-6-24(7-14-43)25-8-15-44(16-9-25)33(47)31(22-23-20-28(36(38,39)40)32(41)29(37)21-23)50-35(49)45-17-11-27(12-18-45)46-19-10-26-4-2-3-5-30(26)42-34(46)48/h2-5,20-21,24-25,27,31H,6-19,22,41H2,1H3,(H,42,48)/t31-/m1/s1. The number of amides is 4. The molecule has 1 atom stereocenters. The summed E-state index contributed by atoms with van der Waals surface area (Å²) in [5, 5.41) is 3.00. The Bertz CT molecular complexity index is 1550. The summed E-state index contributed by atoms with van der Waals surface area (Å²) < 4.78 is 47.5. The van der Waals surface area contributed by atoms with Gasteiger partial charge in [0.05, 0.1) is 11.3 Å². The average molecular weight is 764 g/mol. The minimum atomic E-state index is -4.70. The Balaban J connectivity index is 1.12. The Morgan fingerprint density at radius 3 is 2.22 bits per heavy atom. The van der Waals surface area contributed by atoms with Crippen molar-refractivity contribution in [1.82, 2.24) is 19.6 Å². The van der Waals surface area contributed by atoms with Crippen molar-refractivity contribution in [3.8, 4) is 0 Å². The van der Waals surface area contributed by atoms with Crippen molar-refractivity contribution in [2.45, 2.75) is 69.7 Å². The largest absolute Gasteiger partial charge is 0.436 e. The van der Waals surface area contributed by atoms with Gasteiger partial charge in [-0.15, -0.1) is 0 Å². The zero-order chi connectivity index (χ0) is 35.6. The Morgan fingerprint density at radius 2 is 1.56 bits per heavy atom. The summed E-state index contributed by atoms with van der Waals surface area (Å²) in [7, 11) is 2.13. The van der Waals surface area contributed by atoms with E-state index in [1.807, 2.05) is 29.2 Å². The molecule has 4 aliphatic heterocycles. The number of carbonyl (C=O) groups excluding carboxylic acids is 3. The fraction of sp³-hybridized carbons (Fsp3) is 0.583. The molecular formula is C36H46BrF3N6O4. The maximum Gasteiger partial charge on any atom is 0.418 e. The molecule has 272 valence electrons. The Morgan fingerprint density at radius 1 is 0.940 bits per heavy atom. The van der Waals surface area contributed by atoms with Gasteiger partial charge >= 0.3 is 18.3 Å². The molecule has 0 radical (unpaired) electrons. The number of nitrogen functional groups attached to an aromatic ring is 1. The van der Waals surface area contributed by atoms with Gasteiger partial charge in [0.25, 0.3) is 5.91 Å². The number of alkyl halides is 3. The number of para-hydroxylation sites is 1. The Kier molecular flexibility index (Phi) is 11.2. The molecule has 14 heteroatoms. The SMILES string of the molecule is CN1CCC(C2CCN(C(=O)[C@@H](Cc3cc(Br)c(N)c(C(F)(F)F)c3)OC(=O)N3CCC(N4CCc5ccccc5NC4=O)CC3)CC2)CC1. The number of likely N-dealkylation sites (tertiary alicyclic amines) is 3. The lowest BCUT2D eigenvalue weighted by Crippen LogP contribution is -2.52. The van der Waals surface area contributed by atoms with Gasteiger partial charge in [-0.3, -0.25) is 4.79 Å². The van der Waals surface area contributed by atoms with Gasteiger partial charge in [0.1, 0.15) is 0 Å². The van der Waals surface area contributed by atoms with Crippen LogP contribution in [0.5, 0.6) is 0 Å². The smallest absolute Gasteiger partial charge is 0.418 e. The number of benzene rings is 2. The van der Waals surface area contributed by atoms with Gasteiger partial charge in [0.2, 0.25) is 0 Å². The second-order valence-electron chi connectivity index (χ2n) is 14.2. The Hall–Kier alpha value is -3.52. The summed E-state index contributed by atoms with van der Waals surface area (Å²) in [4.78, 5) is 48.1. The number of anilines is 2. The molecule has 2 aromatic carbocycles. The second kappa shape index (κ2) is 15.4. The minimum absolute atomic E-state index is 0.0570. The Labute approximate surface area is 299 Å². The fourth-order valence-corrected chi connectivity index (χ4v) is 8.52. The number of fused-ring (bicyclic) bond motifs is 1. The maximum absolute atomic E-state index is 14.0. The average Bonchev–Trinajstić information content (AvgIpc) is 3.27. The van der Waals surface area contributed by atoms with Crippen LogP contribution in [0.1, 0.15) is 55.2 Å². The first-order valence-electron chi connectivity index (χ1n) is 17.6. The van der Waals surface area contributed by atoms with Gasteiger partial charge in [-0.2, -0.15) is 13.2 Å². The molecule has 4 aliphatic rings. The number of carbonyl (C=O) groups is 3. The zero-order valence-electron chi connectivity index (χ0n) is 28.4. The van der Waals surface area contributed by atoms with Crippen molar-refractivity contribution in [3.05, 3.63) is 57.6 Å². The number of nitrogens with one attached hydrogen (secondary N) is 1. The fourth-order valence-electron chi connectivity index (χ4n) is 8.01. The second-order valence-corrected chi connectivity index (χ2v) is 15.0. The molecule has 4 amide bonds. The molecule has 3 fully saturated rings. The molecule has 0 unspecified atom stereocenters. The number of ether oxygens (including phenoxy) is 1. The molecule has 0 bridgehead atoms. The molecule has 0 aromatic heterocycles. The molecule has 10 nitrogen and oxygen atoms in total. The topological polar surface area (TPSA) is 111 Å². The lowest BCUT2D eigenvalue weighted by molar-refractivity contribution is -0.142. The number of hydrogen-bond acceptors (Lipinski definition) is 6. The van der Waals surface area contributed by atoms with Crippen molar-refractivity contribution in [1.29, 1.82) is 0 Å². The molecule has 0 saturated carbocycles. The van der Waals surface area contributed by atoms with E-state index in [4.69, 9.17) is 10.5 Å². The quantitative estimate of drug-likeness (QED) is 0.338. The van der Waals surface area contributed by atoms with Gasteiger partial charge in [-0.1, -0.05) is 18.2 Å². The minimum Gasteiger partial charge on any atom is -0.436 e. The van der Waals surface area contributed by atoms with Crippen molar-refractivity contribution in [2.75, 3.05) is 63.9 Å². The van der Waals surface area contributed by atoms with Gasteiger partial charge in [-0.05, 0) is 122 Å². The highest BCUT2D eigenvalue weighted by atomic mass is 79.9. The van der Waals surface area contributed by atoms with Gasteiger partial charge in [0.15, 0.2) is 6.10 Å². The lowest BCUT2D eigenvalue weighted by Gasteiger charge is -2.40. The van der Waals surface area contributed by atoms with Crippen LogP contribution in [-0.4, -0.2) is 103 Å². The van der Waals surface area contributed by atoms with Gasteiger partial charge in [-0.25, -0.2) is 9.59 Å². The van der Waals surface area contributed by atoms with Crippen LogP contribution in [0.25, 0.3) is 0 Å². The van der Waals surface area contributed by atoms with E-state index in [0.29, 0.717) is 63.8 Å². The van der Waals surface area contributed by atoms with E-state index in [9.17, 15) is 27.6 Å². The van der Waals surface area contributed by atoms with Crippen LogP contribution < -0.4 is 11.1 Å². The van der Waals surface area contributed by atoms with E-state index in [-0.39, 0.29) is 28.5 Å². The third-order valence-electron chi connectivity index (χ3n) is 11.0. The number of piperidine rings is 3. The number of halogens is 4. The molecule has 50 heavy (non-hydrogen) atoms. The third kappa shape index (κ3) is 8.33. The van der Waals surface area contributed by atoms with Crippen LogP contribution in [-0.2, 0) is 28.5 Å². The van der Waals surface area contributed by atoms with Gasteiger partial charge in [0, 0.05) is 55.3 Å². The summed E-state index contributed by atoms with van der Waals surface area (Å²) in [5.74, 6) is 0.721. The molecule has 0 spiro atoms. The molecule has 3 saturated heterocycles. The van der Waals surface area contributed by atoms with Crippen LogP contribution >= 0.6 is 15.9 Å². The molecule has 2 aromatic rings. The van der Waals surface area contributed by atoms with Crippen LogP contribution in [0.4, 0.5) is 34.1 Å². The molecule has 6 rings (SSSR count). The van der Waals surface area contributed by atoms with Gasteiger partial charge < -0.3 is 35.4 Å². The van der Waals surface area contributed by atoms with E-state index in [0.717, 1.165) is 56.1 Å². The maximum atomic E-state index is 14.0. The van der Waals surface area contributed by atoms with E-state index >= 15 is 0 Å². The number of nitrogens with zero attached hydrogens (tertiary/aromatic N) is 4. The first-order valence-corrected chi connectivity index (χ1v) is 18.4. The lowest BCUT2D eigenvalue weighted by atomic mass is 9.79. The van der Waals surface area contributed by atoms with E-state index in [2.05, 4.69) is 33.2 Å². The zero-order valence-corrected chi connectivity index (χ0v) is 30.0. The first-order chi connectivity index (χ1) is 23.9. The van der Waals surface area contributed by atoms with Crippen molar-refractivity contribution in [2.24, 2.45) is 11.8 Å². The first kappa shape index (κ1) is 36.3. The van der Waals surface area contributed by atoms with Crippen molar-refractivity contribution in [3.63, 3.8) is 0 Å². The van der Waals surface area contributed by atoms with Crippen LogP contribution in [0.2, 0.25) is 0 Å². The van der Waals surface area contributed by atoms with Crippen LogP contribution in [0.15, 0.2) is 40.9 Å². The number of hydrogen-bond donors (Lipinski definition) is 2. The summed E-state index contributed by atoms with van der Waals surface area (Å²) in [6.07, 6.45) is -1.21. The van der Waals surface area contributed by atoms with Crippen LogP contribution in [0.3, 0.4) is 0 Å². The summed E-state index contributed by atoms with van der Waals surface area (Å²) in [5.41, 5.74) is 6.34. The number of rotatable bonds is 6. The predicted molar refractivity (Wildman–Crippen MR) is 188 cm³/mol. The highest BCUT2D eigenvalue weighted by Crippen LogP contribution is 2.39. The third-order valence-corrected chi connectivity index (χ3v) is 11.7. The monoisotopic (exact) mass is 762 g/mol. The van der Waals surface area contributed by atoms with E-state index in [1.165, 1.54) is 11.0 Å². The summed E-state index contributed by atoms with van der Waals surface area (Å²) in [6, 6.07) is 9.84. The molecule has 0 aliphatic carbocycles. The normalized spacial score (nSPS) is 21.0. The molecular weight excluding hydrogens is 717 g/mol. The summed E-state index contributed by atoms with van der Waals surface area (Å²) in [6.45, 7) is 4.33. The van der Waals surface area contributed by atoms with E-state index < -0.39 is 35.5 Å². The van der Waals surface area contributed by atoms with Crippen LogP contribution in [0, 0.1) is 11.8 Å². The summed E-state index contributed by atoms with van der Waals surface area (Å²) >= 11 is 3.14. The molecule has 4 heterocycles. The number of nitrogens with two attached hydrogens (primary N) is 1. The highest BCUT2D eigenvalue weighted by Gasteiger charge is 2.38. The predicted octanol–water partition coefficient (Wildman–Crippen LogP) is 6.23. The van der Waals surface area contributed by atoms with Crippen molar-refractivity contribution < 1.29 is 32.3 Å². The van der Waals surface area contributed by atoms with E-state index in [1.54, 1.807) is 4.90 Å². The molecule has 3 N–H and O–H groups in total. The van der Waals surface area contributed by atoms with Crippen molar-refractivity contribution >= 4 is 45.3 Å². The highest BCUT2D eigenvalue weighted by molar-refractivity contribution is 9.10. The number of urea groups is 1.